The SMILES string of the molecule is O=C(O)C1CNCS(=O)(=O)N1. The fraction of sp³-hybridized carbons (Fsp3) is 0.750. The molecule has 0 spiro atoms. The molecule has 0 aromatic heterocycles. The second-order valence-electron chi connectivity index (χ2n) is 2.22. The quantitative estimate of drug-likeness (QED) is 0.430. The normalized spacial score (nSPS) is 29.6. The largest absolute Gasteiger partial charge is 0.480 e. The first-order chi connectivity index (χ1) is 5.01. The van der Waals surface area contributed by atoms with Gasteiger partial charge in [-0.15, -0.1) is 0 Å². The summed E-state index contributed by atoms with van der Waals surface area (Å²) in [5, 5.41) is 10.9. The summed E-state index contributed by atoms with van der Waals surface area (Å²) in [4.78, 5) is 10.3. The predicted molar refractivity (Wildman–Crippen MR) is 36.3 cm³/mol. The first kappa shape index (κ1) is 8.44. The summed E-state index contributed by atoms with van der Waals surface area (Å²) >= 11 is 0. The van der Waals surface area contributed by atoms with Crippen LogP contribution in [0.3, 0.4) is 0 Å². The maximum Gasteiger partial charge on any atom is 0.323 e. The van der Waals surface area contributed by atoms with Gasteiger partial charge in [0.1, 0.15) is 11.9 Å². The van der Waals surface area contributed by atoms with Crippen molar-refractivity contribution in [2.24, 2.45) is 0 Å². The van der Waals surface area contributed by atoms with Crippen LogP contribution in [0.25, 0.3) is 0 Å². The Kier molecular flexibility index (Phi) is 2.12. The molecule has 6 nitrogen and oxygen atoms in total. The molecule has 1 aliphatic rings. The smallest absolute Gasteiger partial charge is 0.323 e. The lowest BCUT2D eigenvalue weighted by Gasteiger charge is -2.20. The topological polar surface area (TPSA) is 95.5 Å². The monoisotopic (exact) mass is 180 g/mol. The second-order valence-corrected chi connectivity index (χ2v) is 3.98. The molecule has 11 heavy (non-hydrogen) atoms. The summed E-state index contributed by atoms with van der Waals surface area (Å²) in [7, 11) is -3.42. The van der Waals surface area contributed by atoms with E-state index < -0.39 is 22.0 Å². The molecule has 1 rings (SSSR count). The van der Waals surface area contributed by atoms with Crippen molar-refractivity contribution in [2.45, 2.75) is 6.04 Å². The molecule has 1 atom stereocenters. The minimum atomic E-state index is -3.42. The van der Waals surface area contributed by atoms with Gasteiger partial charge in [-0.1, -0.05) is 0 Å². The van der Waals surface area contributed by atoms with E-state index in [2.05, 4.69) is 5.32 Å². The van der Waals surface area contributed by atoms with Crippen molar-refractivity contribution in [1.29, 1.82) is 0 Å². The average molecular weight is 180 g/mol. The van der Waals surface area contributed by atoms with E-state index in [9.17, 15) is 13.2 Å². The second kappa shape index (κ2) is 2.76. The van der Waals surface area contributed by atoms with E-state index in [1.165, 1.54) is 0 Å². The molecule has 1 unspecified atom stereocenters. The minimum Gasteiger partial charge on any atom is -0.480 e. The molecule has 3 N–H and O–H groups in total. The number of carboxylic acids is 1. The molecule has 64 valence electrons. The van der Waals surface area contributed by atoms with Crippen LogP contribution in [0.2, 0.25) is 0 Å². The van der Waals surface area contributed by atoms with Crippen LogP contribution in [0, 0.1) is 0 Å². The zero-order valence-electron chi connectivity index (χ0n) is 5.57. The molecule has 0 radical (unpaired) electrons. The number of aliphatic carboxylic acids is 1. The Hall–Kier alpha value is -0.660. The van der Waals surface area contributed by atoms with E-state index in [0.29, 0.717) is 0 Å². The maximum absolute atomic E-state index is 10.7. The summed E-state index contributed by atoms with van der Waals surface area (Å²) in [6, 6.07) is -1.03. The molecule has 1 saturated heterocycles. The van der Waals surface area contributed by atoms with E-state index in [1.807, 2.05) is 4.72 Å². The molecular weight excluding hydrogens is 172 g/mol. The highest BCUT2D eigenvalue weighted by Crippen LogP contribution is 1.94. The molecule has 0 bridgehead atoms. The van der Waals surface area contributed by atoms with Crippen molar-refractivity contribution >= 4 is 16.0 Å². The van der Waals surface area contributed by atoms with Gasteiger partial charge in [0.2, 0.25) is 10.0 Å². The number of nitrogens with one attached hydrogen (secondary N) is 2. The van der Waals surface area contributed by atoms with Crippen molar-refractivity contribution in [3.8, 4) is 0 Å². The Morgan fingerprint density at radius 1 is 1.55 bits per heavy atom. The minimum absolute atomic E-state index is 0.133. The van der Waals surface area contributed by atoms with Gasteiger partial charge in [0.05, 0.1) is 0 Å². The van der Waals surface area contributed by atoms with Gasteiger partial charge in [0, 0.05) is 6.54 Å². The van der Waals surface area contributed by atoms with Gasteiger partial charge in [0.25, 0.3) is 0 Å². The van der Waals surface area contributed by atoms with E-state index >= 15 is 0 Å². The lowest BCUT2D eigenvalue weighted by atomic mass is 10.3. The van der Waals surface area contributed by atoms with Gasteiger partial charge in [-0.25, -0.2) is 8.42 Å². The Balaban J connectivity index is 2.68. The van der Waals surface area contributed by atoms with Crippen LogP contribution >= 0.6 is 0 Å². The molecule has 1 aliphatic heterocycles. The molecule has 1 fully saturated rings. The van der Waals surface area contributed by atoms with Crippen LogP contribution in [-0.2, 0) is 14.8 Å². The third-order valence-electron chi connectivity index (χ3n) is 1.26. The predicted octanol–water partition coefficient (Wildman–Crippen LogP) is -2.08. The lowest BCUT2D eigenvalue weighted by Crippen LogP contribution is -2.55. The highest BCUT2D eigenvalue weighted by atomic mass is 32.2. The van der Waals surface area contributed by atoms with E-state index in [4.69, 9.17) is 5.11 Å². The van der Waals surface area contributed by atoms with E-state index in [1.54, 1.807) is 0 Å². The number of carboxylic acid groups (broad SMARTS) is 1. The lowest BCUT2D eigenvalue weighted by molar-refractivity contribution is -0.138. The standard InChI is InChI=1S/C4H8N2O4S/c7-4(8)3-1-5-2-11(9,10)6-3/h3,5-6H,1-2H2,(H,7,8). The Labute approximate surface area is 63.6 Å². The average Bonchev–Trinajstić information content (AvgIpc) is 1.85. The Bertz CT molecular complexity index is 259. The Morgan fingerprint density at radius 3 is 2.55 bits per heavy atom. The van der Waals surface area contributed by atoms with Gasteiger partial charge in [0.15, 0.2) is 0 Å². The summed E-state index contributed by atoms with van der Waals surface area (Å²) in [5.41, 5.74) is 0. The van der Waals surface area contributed by atoms with Crippen molar-refractivity contribution in [2.75, 3.05) is 12.4 Å². The van der Waals surface area contributed by atoms with Gasteiger partial charge in [-0.05, 0) is 0 Å². The van der Waals surface area contributed by atoms with Gasteiger partial charge < -0.3 is 10.4 Å². The van der Waals surface area contributed by atoms with Gasteiger partial charge in [-0.3, -0.25) is 4.79 Å². The molecule has 0 aromatic carbocycles. The first-order valence-electron chi connectivity index (χ1n) is 2.95. The summed E-state index contributed by atoms with van der Waals surface area (Å²) < 4.78 is 23.5. The van der Waals surface area contributed by atoms with Crippen LogP contribution in [0.1, 0.15) is 0 Å². The maximum atomic E-state index is 10.7. The van der Waals surface area contributed by atoms with Crippen LogP contribution in [0.5, 0.6) is 0 Å². The van der Waals surface area contributed by atoms with Crippen molar-refractivity contribution in [3.05, 3.63) is 0 Å². The number of rotatable bonds is 1. The van der Waals surface area contributed by atoms with Gasteiger partial charge in [-0.2, -0.15) is 4.72 Å². The van der Waals surface area contributed by atoms with Crippen LogP contribution < -0.4 is 10.0 Å². The van der Waals surface area contributed by atoms with E-state index in [-0.39, 0.29) is 12.4 Å². The highest BCUT2D eigenvalue weighted by Gasteiger charge is 2.27. The van der Waals surface area contributed by atoms with Crippen LogP contribution in [0.15, 0.2) is 0 Å². The fourth-order valence-electron chi connectivity index (χ4n) is 0.775. The number of hydrogen-bond donors (Lipinski definition) is 3. The van der Waals surface area contributed by atoms with Crippen molar-refractivity contribution < 1.29 is 18.3 Å². The summed E-state index contributed by atoms with van der Waals surface area (Å²) in [5.74, 6) is -1.38. The Morgan fingerprint density at radius 2 is 2.18 bits per heavy atom. The molecule has 0 aromatic rings. The van der Waals surface area contributed by atoms with Gasteiger partial charge >= 0.3 is 5.97 Å². The molecule has 0 aliphatic carbocycles. The molecule has 0 saturated carbocycles. The zero-order chi connectivity index (χ0) is 8.48. The third-order valence-corrected chi connectivity index (χ3v) is 2.49. The summed E-state index contributed by atoms with van der Waals surface area (Å²) in [6.07, 6.45) is 0. The molecule has 1 heterocycles. The van der Waals surface area contributed by atoms with Crippen LogP contribution in [-0.4, -0.2) is 38.0 Å². The number of carbonyl (C=O) groups is 1. The van der Waals surface area contributed by atoms with Crippen molar-refractivity contribution in [3.63, 3.8) is 0 Å². The fourth-order valence-corrected chi connectivity index (χ4v) is 1.86. The molecular formula is C4H8N2O4S. The highest BCUT2D eigenvalue weighted by molar-refractivity contribution is 7.89. The van der Waals surface area contributed by atoms with Crippen molar-refractivity contribution in [1.82, 2.24) is 10.0 Å². The number of hydrogen-bond acceptors (Lipinski definition) is 4. The molecule has 0 amide bonds. The number of sulfonamides is 1. The van der Waals surface area contributed by atoms with E-state index in [0.717, 1.165) is 0 Å². The zero-order valence-corrected chi connectivity index (χ0v) is 6.39. The molecule has 7 heteroatoms. The summed E-state index contributed by atoms with van der Waals surface area (Å²) in [6.45, 7) is 0.133. The third kappa shape index (κ3) is 2.14. The van der Waals surface area contributed by atoms with Crippen LogP contribution in [0.4, 0.5) is 0 Å². The first-order valence-corrected chi connectivity index (χ1v) is 4.60.